The molecule has 3 atom stereocenters. The first-order chi connectivity index (χ1) is 9.15. The van der Waals surface area contributed by atoms with Gasteiger partial charge in [0.15, 0.2) is 0 Å². The molecule has 5 heteroatoms. The van der Waals surface area contributed by atoms with Crippen molar-refractivity contribution < 1.29 is 4.79 Å². The van der Waals surface area contributed by atoms with Gasteiger partial charge in [-0.1, -0.05) is 6.42 Å². The normalized spacial score (nSPS) is 30.2. The minimum atomic E-state index is -0.00546. The fourth-order valence-electron chi connectivity index (χ4n) is 3.35. The van der Waals surface area contributed by atoms with Gasteiger partial charge in [-0.25, -0.2) is 4.98 Å². The van der Waals surface area contributed by atoms with Gasteiger partial charge in [0.05, 0.1) is 11.9 Å². The summed E-state index contributed by atoms with van der Waals surface area (Å²) in [4.78, 5) is 22.6. The number of fused-ring (bicyclic) bond motifs is 1. The largest absolute Gasteiger partial charge is 0.337 e. The van der Waals surface area contributed by atoms with Crippen LogP contribution in [-0.2, 0) is 0 Å². The van der Waals surface area contributed by atoms with E-state index in [-0.39, 0.29) is 11.9 Å². The average molecular weight is 260 g/mol. The maximum Gasteiger partial charge on any atom is 0.274 e. The van der Waals surface area contributed by atoms with Crippen LogP contribution in [0, 0.1) is 18.8 Å². The molecule has 1 saturated carbocycles. The van der Waals surface area contributed by atoms with E-state index in [0.717, 1.165) is 25.2 Å². The van der Waals surface area contributed by atoms with E-state index in [1.165, 1.54) is 12.8 Å². The molecule has 1 amide bonds. The number of nitrogens with zero attached hydrogens (tertiary/aromatic N) is 3. The van der Waals surface area contributed by atoms with Crippen LogP contribution >= 0.6 is 0 Å². The van der Waals surface area contributed by atoms with Crippen molar-refractivity contribution in [3.8, 4) is 0 Å². The van der Waals surface area contributed by atoms with Crippen molar-refractivity contribution in [1.29, 1.82) is 0 Å². The van der Waals surface area contributed by atoms with Gasteiger partial charge in [0.25, 0.3) is 5.91 Å². The molecule has 2 aliphatic rings. The van der Waals surface area contributed by atoms with E-state index in [4.69, 9.17) is 5.73 Å². The van der Waals surface area contributed by atoms with Gasteiger partial charge in [-0.3, -0.25) is 9.78 Å². The van der Waals surface area contributed by atoms with Gasteiger partial charge < -0.3 is 10.6 Å². The van der Waals surface area contributed by atoms with Crippen molar-refractivity contribution >= 4 is 5.91 Å². The molecule has 5 nitrogen and oxygen atoms in total. The minimum Gasteiger partial charge on any atom is -0.337 e. The fourth-order valence-corrected chi connectivity index (χ4v) is 3.35. The van der Waals surface area contributed by atoms with E-state index in [1.54, 1.807) is 12.4 Å². The van der Waals surface area contributed by atoms with Gasteiger partial charge in [-0.15, -0.1) is 0 Å². The molecule has 0 spiro atoms. The monoisotopic (exact) mass is 260 g/mol. The zero-order chi connectivity index (χ0) is 13.4. The summed E-state index contributed by atoms with van der Waals surface area (Å²) >= 11 is 0. The minimum absolute atomic E-state index is 0.00546. The molecule has 19 heavy (non-hydrogen) atoms. The number of hydrogen-bond acceptors (Lipinski definition) is 4. The smallest absolute Gasteiger partial charge is 0.274 e. The standard InChI is InChI=1S/C14H20N4O/c1-9-5-17-13(6-16-9)14(19)18-7-10-3-2-4-12(15)11(10)8-18/h5-6,10-12H,2-4,7-8,15H2,1H3. The average Bonchev–Trinajstić information content (AvgIpc) is 2.84. The van der Waals surface area contributed by atoms with Crippen LogP contribution in [0.3, 0.4) is 0 Å². The molecule has 0 radical (unpaired) electrons. The summed E-state index contributed by atoms with van der Waals surface area (Å²) < 4.78 is 0. The topological polar surface area (TPSA) is 72.1 Å². The number of amides is 1. The molecular formula is C14H20N4O. The third kappa shape index (κ3) is 2.34. The van der Waals surface area contributed by atoms with Gasteiger partial charge in [0.2, 0.25) is 0 Å². The van der Waals surface area contributed by atoms with Gasteiger partial charge >= 0.3 is 0 Å². The molecular weight excluding hydrogens is 240 g/mol. The van der Waals surface area contributed by atoms with E-state index in [1.807, 2.05) is 11.8 Å². The third-order valence-corrected chi connectivity index (χ3v) is 4.44. The molecule has 3 rings (SSSR count). The summed E-state index contributed by atoms with van der Waals surface area (Å²) in [5.41, 5.74) is 7.44. The third-order valence-electron chi connectivity index (χ3n) is 4.44. The Bertz CT molecular complexity index is 473. The zero-order valence-corrected chi connectivity index (χ0v) is 11.2. The number of likely N-dealkylation sites (tertiary alicyclic amines) is 1. The van der Waals surface area contributed by atoms with Gasteiger partial charge in [-0.2, -0.15) is 0 Å². The van der Waals surface area contributed by atoms with Crippen LogP contribution < -0.4 is 5.73 Å². The lowest BCUT2D eigenvalue weighted by atomic mass is 9.78. The molecule has 1 aliphatic carbocycles. The lowest BCUT2D eigenvalue weighted by Crippen LogP contribution is -2.38. The van der Waals surface area contributed by atoms with Crippen molar-refractivity contribution in [1.82, 2.24) is 14.9 Å². The van der Waals surface area contributed by atoms with E-state index in [0.29, 0.717) is 17.5 Å². The predicted molar refractivity (Wildman–Crippen MR) is 71.5 cm³/mol. The molecule has 1 saturated heterocycles. The van der Waals surface area contributed by atoms with Crippen LogP contribution in [0.2, 0.25) is 0 Å². The number of carbonyl (C=O) groups is 1. The highest BCUT2D eigenvalue weighted by Crippen LogP contribution is 2.35. The van der Waals surface area contributed by atoms with Gasteiger partial charge in [-0.05, 0) is 31.6 Å². The van der Waals surface area contributed by atoms with Gasteiger partial charge in [0, 0.05) is 25.3 Å². The molecule has 1 aliphatic heterocycles. The number of aromatic nitrogens is 2. The molecule has 2 fully saturated rings. The molecule has 0 aromatic carbocycles. The number of hydrogen-bond donors (Lipinski definition) is 1. The summed E-state index contributed by atoms with van der Waals surface area (Å²) in [6.45, 7) is 3.47. The molecule has 102 valence electrons. The van der Waals surface area contributed by atoms with Crippen LogP contribution in [0.25, 0.3) is 0 Å². The van der Waals surface area contributed by atoms with E-state index >= 15 is 0 Å². The Morgan fingerprint density at radius 2 is 2.16 bits per heavy atom. The van der Waals surface area contributed by atoms with Crippen LogP contribution in [0.1, 0.15) is 35.4 Å². The van der Waals surface area contributed by atoms with Crippen LogP contribution in [-0.4, -0.2) is 39.9 Å². The fraction of sp³-hybridized carbons (Fsp3) is 0.643. The molecule has 2 heterocycles. The lowest BCUT2D eigenvalue weighted by molar-refractivity contribution is 0.0777. The molecule has 3 unspecified atom stereocenters. The Labute approximate surface area is 113 Å². The number of aryl methyl sites for hydroxylation is 1. The predicted octanol–water partition coefficient (Wildman–Crippen LogP) is 0.984. The van der Waals surface area contributed by atoms with E-state index in [2.05, 4.69) is 9.97 Å². The summed E-state index contributed by atoms with van der Waals surface area (Å²) in [5.74, 6) is 1.04. The highest BCUT2D eigenvalue weighted by molar-refractivity contribution is 5.92. The first-order valence-corrected chi connectivity index (χ1v) is 6.98. The summed E-state index contributed by atoms with van der Waals surface area (Å²) in [6.07, 6.45) is 6.69. The van der Waals surface area contributed by atoms with Crippen LogP contribution in [0.15, 0.2) is 12.4 Å². The van der Waals surface area contributed by atoms with Crippen LogP contribution in [0.5, 0.6) is 0 Å². The Morgan fingerprint density at radius 3 is 2.84 bits per heavy atom. The van der Waals surface area contributed by atoms with Crippen molar-refractivity contribution in [2.45, 2.75) is 32.2 Å². The second-order valence-electron chi connectivity index (χ2n) is 5.77. The van der Waals surface area contributed by atoms with Gasteiger partial charge in [0.1, 0.15) is 5.69 Å². The molecule has 2 N–H and O–H groups in total. The summed E-state index contributed by atoms with van der Waals surface area (Å²) in [7, 11) is 0. The number of carbonyl (C=O) groups excluding carboxylic acids is 1. The Hall–Kier alpha value is -1.49. The highest BCUT2D eigenvalue weighted by atomic mass is 16.2. The second-order valence-corrected chi connectivity index (χ2v) is 5.77. The molecule has 1 aromatic rings. The summed E-state index contributed by atoms with van der Waals surface area (Å²) in [6, 6.07) is 0.251. The second kappa shape index (κ2) is 4.89. The number of rotatable bonds is 1. The molecule has 0 bridgehead atoms. The first kappa shape index (κ1) is 12.5. The quantitative estimate of drug-likeness (QED) is 0.817. The van der Waals surface area contributed by atoms with Crippen molar-refractivity contribution in [2.75, 3.05) is 13.1 Å². The first-order valence-electron chi connectivity index (χ1n) is 6.98. The van der Waals surface area contributed by atoms with E-state index < -0.39 is 0 Å². The maximum atomic E-state index is 12.4. The van der Waals surface area contributed by atoms with E-state index in [9.17, 15) is 4.79 Å². The Morgan fingerprint density at radius 1 is 1.32 bits per heavy atom. The zero-order valence-electron chi connectivity index (χ0n) is 11.2. The Kier molecular flexibility index (Phi) is 3.22. The maximum absolute atomic E-state index is 12.4. The van der Waals surface area contributed by atoms with Crippen LogP contribution in [0.4, 0.5) is 0 Å². The number of nitrogens with two attached hydrogens (primary N) is 1. The van der Waals surface area contributed by atoms with Crippen molar-refractivity contribution in [3.63, 3.8) is 0 Å². The lowest BCUT2D eigenvalue weighted by Gasteiger charge is -2.29. The molecule has 1 aromatic heterocycles. The Balaban J connectivity index is 1.73. The van der Waals surface area contributed by atoms with Crippen molar-refractivity contribution in [3.05, 3.63) is 23.8 Å². The highest BCUT2D eigenvalue weighted by Gasteiger charge is 2.40. The SMILES string of the molecule is Cc1cnc(C(=O)N2CC3CCCC(N)C3C2)cn1. The van der Waals surface area contributed by atoms with Crippen molar-refractivity contribution in [2.24, 2.45) is 17.6 Å². The summed E-state index contributed by atoms with van der Waals surface area (Å²) in [5, 5.41) is 0.